The van der Waals surface area contributed by atoms with E-state index in [-0.39, 0.29) is 23.3 Å². The lowest BCUT2D eigenvalue weighted by Crippen LogP contribution is -2.37. The number of pyridine rings is 1. The summed E-state index contributed by atoms with van der Waals surface area (Å²) < 4.78 is 16.5. The minimum Gasteiger partial charge on any atom is -0.369 e. The molecule has 1 saturated heterocycles. The molecule has 0 spiro atoms. The van der Waals surface area contributed by atoms with Gasteiger partial charge in [-0.1, -0.05) is 36.4 Å². The molecular formula is C29H29FN4O. The fraction of sp³-hybridized carbons (Fsp3) is 0.345. The van der Waals surface area contributed by atoms with Crippen LogP contribution in [0.4, 0.5) is 10.1 Å². The van der Waals surface area contributed by atoms with E-state index in [9.17, 15) is 9.18 Å². The van der Waals surface area contributed by atoms with E-state index < -0.39 is 0 Å². The first-order valence-corrected chi connectivity index (χ1v) is 12.6. The Hall–Kier alpha value is -3.54. The standard InChI is InChI=1S/C29H29FN4O/c1-19-6-4-10-24(30)27(19)33-16-12-21(13-17-33)23-18-25-28(32-15-14-31-25)34(29(23)35)26-11-5-8-20-7-2-3-9-22(20)26/h2-4,6-7,9-10,14-15,18,21,26H,5,8,11-13,16-17H2,1H3. The monoisotopic (exact) mass is 468 g/mol. The molecule has 6 heteroatoms. The van der Waals surface area contributed by atoms with Crippen LogP contribution in [0.1, 0.15) is 59.9 Å². The predicted octanol–water partition coefficient (Wildman–Crippen LogP) is 5.55. The molecule has 0 amide bonds. The van der Waals surface area contributed by atoms with Gasteiger partial charge in [-0.05, 0) is 73.8 Å². The van der Waals surface area contributed by atoms with E-state index >= 15 is 0 Å². The Balaban J connectivity index is 1.39. The van der Waals surface area contributed by atoms with Crippen LogP contribution in [0.3, 0.4) is 0 Å². The average Bonchev–Trinajstić information content (AvgIpc) is 2.89. The third-order valence-corrected chi connectivity index (χ3v) is 7.78. The third-order valence-electron chi connectivity index (χ3n) is 7.78. The molecular weight excluding hydrogens is 439 g/mol. The number of fused-ring (bicyclic) bond motifs is 2. The van der Waals surface area contributed by atoms with Crippen molar-refractivity contribution < 1.29 is 4.39 Å². The molecule has 35 heavy (non-hydrogen) atoms. The van der Waals surface area contributed by atoms with E-state index in [1.165, 1.54) is 17.2 Å². The van der Waals surface area contributed by atoms with Crippen LogP contribution < -0.4 is 10.5 Å². The minimum absolute atomic E-state index is 0.0345. The van der Waals surface area contributed by atoms with Crippen molar-refractivity contribution in [3.63, 3.8) is 0 Å². The quantitative estimate of drug-likeness (QED) is 0.396. The summed E-state index contributed by atoms with van der Waals surface area (Å²) in [6, 6.07) is 15.6. The molecule has 0 N–H and O–H groups in total. The van der Waals surface area contributed by atoms with Gasteiger partial charge in [0.05, 0.1) is 11.7 Å². The molecule has 178 valence electrons. The van der Waals surface area contributed by atoms with Crippen LogP contribution >= 0.6 is 0 Å². The van der Waals surface area contributed by atoms with Crippen LogP contribution in [0.25, 0.3) is 11.2 Å². The highest BCUT2D eigenvalue weighted by molar-refractivity contribution is 5.71. The topological polar surface area (TPSA) is 51.0 Å². The zero-order chi connectivity index (χ0) is 23.9. The summed E-state index contributed by atoms with van der Waals surface area (Å²) >= 11 is 0. The lowest BCUT2D eigenvalue weighted by Gasteiger charge is -2.35. The molecule has 6 rings (SSSR count). The highest BCUT2D eigenvalue weighted by Crippen LogP contribution is 2.36. The molecule has 1 fully saturated rings. The smallest absolute Gasteiger partial charge is 0.256 e. The van der Waals surface area contributed by atoms with Gasteiger partial charge in [-0.15, -0.1) is 0 Å². The maximum atomic E-state index is 14.6. The van der Waals surface area contributed by atoms with E-state index in [4.69, 9.17) is 0 Å². The third kappa shape index (κ3) is 3.81. The summed E-state index contributed by atoms with van der Waals surface area (Å²) in [6.07, 6.45) is 7.96. The molecule has 1 unspecified atom stereocenters. The minimum atomic E-state index is -0.178. The number of hydrogen-bond acceptors (Lipinski definition) is 4. The number of nitrogens with zero attached hydrogens (tertiary/aromatic N) is 4. The fourth-order valence-electron chi connectivity index (χ4n) is 6.09. The van der Waals surface area contributed by atoms with Crippen LogP contribution in [0.2, 0.25) is 0 Å². The second-order valence-electron chi connectivity index (χ2n) is 9.81. The maximum Gasteiger partial charge on any atom is 0.256 e. The zero-order valence-corrected chi connectivity index (χ0v) is 20.0. The molecule has 2 aromatic carbocycles. The number of rotatable bonds is 3. The van der Waals surface area contributed by atoms with Crippen molar-refractivity contribution in [1.29, 1.82) is 0 Å². The summed E-state index contributed by atoms with van der Waals surface area (Å²) in [7, 11) is 0. The van der Waals surface area contributed by atoms with Crippen molar-refractivity contribution in [3.8, 4) is 0 Å². The second kappa shape index (κ2) is 8.91. The van der Waals surface area contributed by atoms with Gasteiger partial charge in [-0.25, -0.2) is 9.37 Å². The number of piperidine rings is 1. The number of aryl methyl sites for hydroxylation is 2. The summed E-state index contributed by atoms with van der Waals surface area (Å²) in [4.78, 5) is 25.4. The summed E-state index contributed by atoms with van der Waals surface area (Å²) in [5.74, 6) is -0.0648. The Labute approximate surface area is 204 Å². The fourth-order valence-corrected chi connectivity index (χ4v) is 6.09. The number of halogens is 1. The SMILES string of the molecule is Cc1cccc(F)c1N1CCC(c2cc3nccnc3n(C3CCCc4ccccc43)c2=O)CC1. The molecule has 2 aliphatic rings. The van der Waals surface area contributed by atoms with Crippen molar-refractivity contribution in [1.82, 2.24) is 14.5 Å². The van der Waals surface area contributed by atoms with Crippen LogP contribution in [-0.4, -0.2) is 27.6 Å². The summed E-state index contributed by atoms with van der Waals surface area (Å²) in [5, 5.41) is 0. The second-order valence-corrected chi connectivity index (χ2v) is 9.81. The Morgan fingerprint density at radius 2 is 1.74 bits per heavy atom. The lowest BCUT2D eigenvalue weighted by molar-refractivity contribution is 0.466. The summed E-state index contributed by atoms with van der Waals surface area (Å²) in [6.45, 7) is 3.39. The molecule has 1 aliphatic carbocycles. The van der Waals surface area contributed by atoms with Crippen molar-refractivity contribution in [2.24, 2.45) is 0 Å². The first kappa shape index (κ1) is 22.0. The molecule has 3 heterocycles. The van der Waals surface area contributed by atoms with Crippen LogP contribution in [-0.2, 0) is 6.42 Å². The maximum absolute atomic E-state index is 14.6. The largest absolute Gasteiger partial charge is 0.369 e. The number of para-hydroxylation sites is 1. The lowest BCUT2D eigenvalue weighted by atomic mass is 9.86. The normalized spacial score (nSPS) is 18.6. The molecule has 0 bridgehead atoms. The molecule has 0 saturated carbocycles. The Morgan fingerprint density at radius 3 is 2.57 bits per heavy atom. The van der Waals surface area contributed by atoms with E-state index in [1.807, 2.05) is 23.6 Å². The molecule has 2 aromatic heterocycles. The van der Waals surface area contributed by atoms with Gasteiger partial charge < -0.3 is 4.90 Å². The van der Waals surface area contributed by atoms with Gasteiger partial charge in [-0.2, -0.15) is 0 Å². The Morgan fingerprint density at radius 1 is 0.943 bits per heavy atom. The molecule has 1 atom stereocenters. The van der Waals surface area contributed by atoms with E-state index in [0.29, 0.717) is 11.3 Å². The number of anilines is 1. The average molecular weight is 469 g/mol. The van der Waals surface area contributed by atoms with Crippen LogP contribution in [0, 0.1) is 12.7 Å². The van der Waals surface area contributed by atoms with Crippen LogP contribution in [0.5, 0.6) is 0 Å². The van der Waals surface area contributed by atoms with Crippen molar-refractivity contribution in [2.45, 2.75) is 51.0 Å². The molecule has 4 aromatic rings. The molecule has 0 radical (unpaired) electrons. The Bertz CT molecular complexity index is 1430. The number of benzene rings is 2. The number of hydrogen-bond donors (Lipinski definition) is 0. The van der Waals surface area contributed by atoms with Crippen molar-refractivity contribution >= 4 is 16.9 Å². The van der Waals surface area contributed by atoms with Crippen molar-refractivity contribution in [3.05, 3.63) is 99.3 Å². The van der Waals surface area contributed by atoms with E-state index in [2.05, 4.69) is 39.1 Å². The zero-order valence-electron chi connectivity index (χ0n) is 20.0. The van der Waals surface area contributed by atoms with Gasteiger partial charge in [0, 0.05) is 31.0 Å². The predicted molar refractivity (Wildman–Crippen MR) is 137 cm³/mol. The van der Waals surface area contributed by atoms with Gasteiger partial charge in [0.25, 0.3) is 5.56 Å². The van der Waals surface area contributed by atoms with Crippen molar-refractivity contribution in [2.75, 3.05) is 18.0 Å². The summed E-state index contributed by atoms with van der Waals surface area (Å²) in [5.41, 5.74) is 6.43. The Kier molecular flexibility index (Phi) is 5.59. The van der Waals surface area contributed by atoms with Gasteiger partial charge in [-0.3, -0.25) is 14.3 Å². The van der Waals surface area contributed by atoms with E-state index in [1.54, 1.807) is 18.5 Å². The first-order chi connectivity index (χ1) is 17.1. The first-order valence-electron chi connectivity index (χ1n) is 12.6. The van der Waals surface area contributed by atoms with Gasteiger partial charge >= 0.3 is 0 Å². The van der Waals surface area contributed by atoms with Gasteiger partial charge in [0.15, 0.2) is 5.65 Å². The number of aromatic nitrogens is 3. The molecule has 5 nitrogen and oxygen atoms in total. The molecule has 1 aliphatic heterocycles. The van der Waals surface area contributed by atoms with Gasteiger partial charge in [0.1, 0.15) is 11.3 Å². The highest BCUT2D eigenvalue weighted by Gasteiger charge is 2.30. The highest BCUT2D eigenvalue weighted by atomic mass is 19.1. The van der Waals surface area contributed by atoms with Crippen LogP contribution in [0.15, 0.2) is 65.7 Å². The van der Waals surface area contributed by atoms with E-state index in [0.717, 1.165) is 61.8 Å². The van der Waals surface area contributed by atoms with Gasteiger partial charge in [0.2, 0.25) is 0 Å².